The summed E-state index contributed by atoms with van der Waals surface area (Å²) in [6.07, 6.45) is 3.81. The van der Waals surface area contributed by atoms with Crippen molar-refractivity contribution >= 4 is 30.0 Å². The minimum atomic E-state index is -0.231. The molecule has 6 nitrogen and oxygen atoms in total. The Morgan fingerprint density at radius 3 is 2.52 bits per heavy atom. The van der Waals surface area contributed by atoms with Crippen molar-refractivity contribution in [3.8, 4) is 5.75 Å². The van der Waals surface area contributed by atoms with E-state index in [1.54, 1.807) is 0 Å². The van der Waals surface area contributed by atoms with Crippen molar-refractivity contribution in [3.63, 3.8) is 0 Å². The van der Waals surface area contributed by atoms with E-state index in [0.717, 1.165) is 37.4 Å². The number of carbonyl (C=O) groups excluding carboxylic acids is 2. The highest BCUT2D eigenvalue weighted by Crippen LogP contribution is 2.25. The Hall–Kier alpha value is -1.79. The van der Waals surface area contributed by atoms with E-state index in [1.165, 1.54) is 7.11 Å². The van der Waals surface area contributed by atoms with Crippen molar-refractivity contribution in [2.45, 2.75) is 39.0 Å². The lowest BCUT2D eigenvalue weighted by Crippen LogP contribution is -2.32. The lowest BCUT2D eigenvalue weighted by molar-refractivity contribution is -0.140. The van der Waals surface area contributed by atoms with Crippen LogP contribution in [-0.2, 0) is 14.3 Å². The quantitative estimate of drug-likeness (QED) is 0.492. The average Bonchev–Trinajstić information content (AvgIpc) is 2.66. The molecule has 7 heteroatoms. The van der Waals surface area contributed by atoms with Gasteiger partial charge in [0.2, 0.25) is 5.91 Å². The van der Waals surface area contributed by atoms with Gasteiger partial charge < -0.3 is 20.1 Å². The molecule has 1 aromatic rings. The number of piperidine rings is 1. The molecule has 1 fully saturated rings. The molecule has 1 aliphatic heterocycles. The molecule has 152 valence electrons. The highest BCUT2D eigenvalue weighted by atomic mass is 35.5. The zero-order valence-corrected chi connectivity index (χ0v) is 17.0. The molecule has 1 amide bonds. The number of halogens is 1. The molecular weight excluding hydrogens is 368 g/mol. The summed E-state index contributed by atoms with van der Waals surface area (Å²) in [7, 11) is 1.38. The van der Waals surface area contributed by atoms with Crippen LogP contribution < -0.4 is 15.4 Å². The van der Waals surface area contributed by atoms with Gasteiger partial charge in [-0.2, -0.15) is 0 Å². The van der Waals surface area contributed by atoms with Crippen LogP contribution in [0.1, 0.15) is 39.0 Å². The highest BCUT2D eigenvalue weighted by Gasteiger charge is 2.22. The second-order valence-corrected chi connectivity index (χ2v) is 6.87. The number of rotatable bonds is 9. The van der Waals surface area contributed by atoms with Crippen LogP contribution in [0, 0.1) is 11.8 Å². The van der Waals surface area contributed by atoms with Gasteiger partial charge in [-0.1, -0.05) is 6.92 Å². The van der Waals surface area contributed by atoms with Gasteiger partial charge in [0, 0.05) is 18.5 Å². The molecule has 0 aliphatic carbocycles. The summed E-state index contributed by atoms with van der Waals surface area (Å²) in [5.41, 5.74) is 0.773. The van der Waals surface area contributed by atoms with E-state index in [1.807, 2.05) is 24.3 Å². The molecule has 0 saturated carbocycles. The molecule has 1 aliphatic rings. The van der Waals surface area contributed by atoms with Gasteiger partial charge in [-0.05, 0) is 68.5 Å². The lowest BCUT2D eigenvalue weighted by atomic mass is 9.84. The van der Waals surface area contributed by atoms with Gasteiger partial charge in [0.1, 0.15) is 5.75 Å². The van der Waals surface area contributed by atoms with E-state index in [9.17, 15) is 9.59 Å². The maximum atomic E-state index is 12.3. The fraction of sp³-hybridized carbons (Fsp3) is 0.600. The summed E-state index contributed by atoms with van der Waals surface area (Å²) < 4.78 is 10.2. The SMILES string of the molecule is COC(=O)CCCOc1ccc(NC(=O)CC(C)C2CCNCC2)cc1.Cl. The zero-order valence-electron chi connectivity index (χ0n) is 16.2. The fourth-order valence-corrected chi connectivity index (χ4v) is 3.23. The Morgan fingerprint density at radius 1 is 1.22 bits per heavy atom. The number of amides is 1. The third-order valence-electron chi connectivity index (χ3n) is 4.86. The number of anilines is 1. The molecule has 0 bridgehead atoms. The number of ether oxygens (including phenoxy) is 2. The summed E-state index contributed by atoms with van der Waals surface area (Å²) >= 11 is 0. The summed E-state index contributed by atoms with van der Waals surface area (Å²) in [6, 6.07) is 7.32. The number of carbonyl (C=O) groups is 2. The van der Waals surface area contributed by atoms with E-state index in [4.69, 9.17) is 4.74 Å². The van der Waals surface area contributed by atoms with E-state index >= 15 is 0 Å². The fourth-order valence-electron chi connectivity index (χ4n) is 3.23. The van der Waals surface area contributed by atoms with Gasteiger partial charge in [-0.25, -0.2) is 0 Å². The second kappa shape index (κ2) is 12.6. The van der Waals surface area contributed by atoms with Gasteiger partial charge in [-0.3, -0.25) is 9.59 Å². The molecule has 1 heterocycles. The number of hydrogen-bond acceptors (Lipinski definition) is 5. The lowest BCUT2D eigenvalue weighted by Gasteiger charge is -2.27. The van der Waals surface area contributed by atoms with Crippen LogP contribution in [0.2, 0.25) is 0 Å². The van der Waals surface area contributed by atoms with Crippen LogP contribution in [0.15, 0.2) is 24.3 Å². The Labute approximate surface area is 167 Å². The monoisotopic (exact) mass is 398 g/mol. The molecular formula is C20H31ClN2O4. The van der Waals surface area contributed by atoms with Crippen LogP contribution in [0.5, 0.6) is 5.75 Å². The number of benzene rings is 1. The Kier molecular flexibility index (Phi) is 10.8. The second-order valence-electron chi connectivity index (χ2n) is 6.87. The van der Waals surface area contributed by atoms with Crippen molar-refractivity contribution in [1.82, 2.24) is 5.32 Å². The molecule has 2 rings (SSSR count). The highest BCUT2D eigenvalue weighted by molar-refractivity contribution is 5.90. The van der Waals surface area contributed by atoms with E-state index in [2.05, 4.69) is 22.3 Å². The normalized spacial score (nSPS) is 15.3. The number of nitrogens with one attached hydrogen (secondary N) is 2. The summed E-state index contributed by atoms with van der Waals surface area (Å²) in [5, 5.41) is 6.32. The van der Waals surface area contributed by atoms with Crippen molar-refractivity contribution < 1.29 is 19.1 Å². The van der Waals surface area contributed by atoms with E-state index in [-0.39, 0.29) is 24.3 Å². The number of methoxy groups -OCH3 is 1. The van der Waals surface area contributed by atoms with Gasteiger partial charge in [0.15, 0.2) is 0 Å². The Bertz CT molecular complexity index is 574. The standard InChI is InChI=1S/C20H30N2O4.ClH/c1-15(16-9-11-21-12-10-16)14-19(23)22-17-5-7-18(8-6-17)26-13-3-4-20(24)25-2;/h5-8,15-16,21H,3-4,9-14H2,1-2H3,(H,22,23);1H. The van der Waals surface area contributed by atoms with Gasteiger partial charge >= 0.3 is 5.97 Å². The van der Waals surface area contributed by atoms with Crippen molar-refractivity contribution in [2.24, 2.45) is 11.8 Å². The van der Waals surface area contributed by atoms with Crippen LogP contribution in [0.25, 0.3) is 0 Å². The topological polar surface area (TPSA) is 76.7 Å². The predicted octanol–water partition coefficient (Wildman–Crippen LogP) is 3.40. The van der Waals surface area contributed by atoms with Gasteiger partial charge in [-0.15, -0.1) is 12.4 Å². The van der Waals surface area contributed by atoms with Crippen molar-refractivity contribution in [1.29, 1.82) is 0 Å². The number of esters is 1. The summed E-state index contributed by atoms with van der Waals surface area (Å²) in [6.45, 7) is 4.73. The third-order valence-corrected chi connectivity index (χ3v) is 4.86. The number of hydrogen-bond donors (Lipinski definition) is 2. The molecule has 0 aromatic heterocycles. The molecule has 2 N–H and O–H groups in total. The van der Waals surface area contributed by atoms with Gasteiger partial charge in [0.05, 0.1) is 13.7 Å². The Balaban J connectivity index is 0.00000364. The largest absolute Gasteiger partial charge is 0.494 e. The third kappa shape index (κ3) is 8.63. The van der Waals surface area contributed by atoms with E-state index < -0.39 is 0 Å². The minimum absolute atomic E-state index is 0. The van der Waals surface area contributed by atoms with Crippen LogP contribution >= 0.6 is 12.4 Å². The maximum Gasteiger partial charge on any atom is 0.305 e. The van der Waals surface area contributed by atoms with Crippen LogP contribution in [0.4, 0.5) is 5.69 Å². The summed E-state index contributed by atoms with van der Waals surface area (Å²) in [4.78, 5) is 23.3. The predicted molar refractivity (Wildman–Crippen MR) is 108 cm³/mol. The first kappa shape index (κ1) is 23.2. The molecule has 1 saturated heterocycles. The smallest absolute Gasteiger partial charge is 0.305 e. The Morgan fingerprint density at radius 2 is 1.89 bits per heavy atom. The van der Waals surface area contributed by atoms with E-state index in [0.29, 0.717) is 37.7 Å². The average molecular weight is 399 g/mol. The molecule has 0 radical (unpaired) electrons. The van der Waals surface area contributed by atoms with Crippen LogP contribution in [-0.4, -0.2) is 38.7 Å². The van der Waals surface area contributed by atoms with Crippen molar-refractivity contribution in [3.05, 3.63) is 24.3 Å². The van der Waals surface area contributed by atoms with Crippen LogP contribution in [0.3, 0.4) is 0 Å². The minimum Gasteiger partial charge on any atom is -0.494 e. The zero-order chi connectivity index (χ0) is 18.8. The first-order chi connectivity index (χ1) is 12.6. The van der Waals surface area contributed by atoms with Gasteiger partial charge in [0.25, 0.3) is 0 Å². The van der Waals surface area contributed by atoms with Crippen molar-refractivity contribution in [2.75, 3.05) is 32.1 Å². The molecule has 27 heavy (non-hydrogen) atoms. The molecule has 1 aromatic carbocycles. The molecule has 1 unspecified atom stereocenters. The molecule has 0 spiro atoms. The first-order valence-electron chi connectivity index (χ1n) is 9.38. The summed E-state index contributed by atoms with van der Waals surface area (Å²) in [5.74, 6) is 1.57. The molecule has 1 atom stereocenters. The first-order valence-corrected chi connectivity index (χ1v) is 9.38. The maximum absolute atomic E-state index is 12.3.